The molecule has 7 heterocycles. The highest BCUT2D eigenvalue weighted by Gasteiger charge is 2.46. The molecule has 0 spiro atoms. The number of methoxy groups -OCH3 is 2. The van der Waals surface area contributed by atoms with E-state index >= 15 is 4.39 Å². The van der Waals surface area contributed by atoms with Crippen LogP contribution >= 0.6 is 23.2 Å². The van der Waals surface area contributed by atoms with Gasteiger partial charge in [-0.3, -0.25) is 4.90 Å². The zero-order valence-corrected chi connectivity index (χ0v) is 38.8. The summed E-state index contributed by atoms with van der Waals surface area (Å²) in [5, 5.41) is 0.291. The van der Waals surface area contributed by atoms with Crippen LogP contribution in [0.2, 0.25) is 5.02 Å². The first-order valence-corrected chi connectivity index (χ1v) is 23.2. The van der Waals surface area contributed by atoms with Gasteiger partial charge in [0.05, 0.1) is 111 Å². The van der Waals surface area contributed by atoms with Crippen molar-refractivity contribution in [2.24, 2.45) is 0 Å². The van der Waals surface area contributed by atoms with E-state index < -0.39 is 35.2 Å². The number of hydrogen-bond donors (Lipinski definition) is 0. The molecule has 5 atom stereocenters. The summed E-state index contributed by atoms with van der Waals surface area (Å²) < 4.78 is 87.5. The van der Waals surface area contributed by atoms with E-state index in [4.69, 9.17) is 56.6 Å². The van der Waals surface area contributed by atoms with Crippen molar-refractivity contribution < 1.29 is 55.9 Å². The second kappa shape index (κ2) is 18.7. The minimum atomic E-state index is -1.37. The lowest BCUT2D eigenvalue weighted by atomic mass is 10.0. The molecule has 6 aromatic rings. The molecule has 4 saturated heterocycles. The van der Waals surface area contributed by atoms with Crippen molar-refractivity contribution in [3.05, 3.63) is 111 Å². The van der Waals surface area contributed by atoms with E-state index in [2.05, 4.69) is 19.5 Å². The topological polar surface area (TPSA) is 141 Å². The van der Waals surface area contributed by atoms with E-state index in [9.17, 15) is 18.4 Å². The number of benzene rings is 4. The van der Waals surface area contributed by atoms with Crippen LogP contribution in [-0.4, -0.2) is 114 Å². The second-order valence-electron chi connectivity index (χ2n) is 17.3. The highest BCUT2D eigenvalue weighted by molar-refractivity contribution is 6.30. The number of carbonyl (C=O) groups is 2. The van der Waals surface area contributed by atoms with Crippen molar-refractivity contribution in [3.8, 4) is 11.5 Å². The molecule has 4 aromatic carbocycles. The Hall–Kier alpha value is -5.63. The summed E-state index contributed by atoms with van der Waals surface area (Å²) >= 11 is 11.9. The lowest BCUT2D eigenvalue weighted by Gasteiger charge is -2.44. The Morgan fingerprint density at radius 1 is 0.779 bits per heavy atom. The van der Waals surface area contributed by atoms with Crippen LogP contribution in [-0.2, 0) is 55.0 Å². The number of imidazole rings is 2. The zero-order chi connectivity index (χ0) is 47.4. The summed E-state index contributed by atoms with van der Waals surface area (Å²) in [5.41, 5.74) is 2.86. The number of alkyl halides is 1. The molecule has 2 aromatic heterocycles. The molecule has 358 valence electrons. The molecule has 0 N–H and O–H groups in total. The van der Waals surface area contributed by atoms with Crippen LogP contribution in [0.5, 0.6) is 11.5 Å². The third-order valence-corrected chi connectivity index (χ3v) is 13.7. The van der Waals surface area contributed by atoms with Crippen LogP contribution in [0, 0.1) is 17.5 Å². The highest BCUT2D eigenvalue weighted by atomic mass is 35.5. The zero-order valence-electron chi connectivity index (χ0n) is 37.3. The minimum Gasteiger partial charge on any atom is -0.465 e. The molecule has 5 aliphatic rings. The summed E-state index contributed by atoms with van der Waals surface area (Å²) in [6.45, 7) is 6.92. The Balaban J connectivity index is 0.000000214. The summed E-state index contributed by atoms with van der Waals surface area (Å²) in [7, 11) is 2.53. The molecule has 0 amide bonds. The molecule has 15 nitrogen and oxygen atoms in total. The first-order chi connectivity index (χ1) is 32.9. The van der Waals surface area contributed by atoms with E-state index in [0.717, 1.165) is 31.2 Å². The molecule has 11 rings (SSSR count). The van der Waals surface area contributed by atoms with Gasteiger partial charge in [0.15, 0.2) is 23.1 Å². The van der Waals surface area contributed by atoms with Gasteiger partial charge in [-0.05, 0) is 67.4 Å². The van der Waals surface area contributed by atoms with Gasteiger partial charge in [-0.15, -0.1) is 11.6 Å². The van der Waals surface area contributed by atoms with Crippen molar-refractivity contribution in [2.45, 2.75) is 75.4 Å². The molecule has 0 bridgehead atoms. The van der Waals surface area contributed by atoms with Gasteiger partial charge < -0.3 is 47.2 Å². The van der Waals surface area contributed by atoms with Gasteiger partial charge in [0, 0.05) is 38.2 Å². The molecule has 5 aliphatic heterocycles. The molecular formula is C48H47Cl2F3N6O9. The number of hydrogen-bond acceptors (Lipinski definition) is 13. The predicted molar refractivity (Wildman–Crippen MR) is 243 cm³/mol. The second-order valence-corrected chi connectivity index (χ2v) is 18.0. The lowest BCUT2D eigenvalue weighted by molar-refractivity contribution is -0.0706. The maximum Gasteiger partial charge on any atom is 0.338 e. The Kier molecular flexibility index (Phi) is 12.7. The fourth-order valence-electron chi connectivity index (χ4n) is 9.55. The molecular weight excluding hydrogens is 932 g/mol. The monoisotopic (exact) mass is 978 g/mol. The third kappa shape index (κ3) is 8.48. The van der Waals surface area contributed by atoms with Gasteiger partial charge in [-0.1, -0.05) is 17.7 Å². The molecule has 0 aliphatic carbocycles. The first-order valence-electron chi connectivity index (χ1n) is 22.2. The van der Waals surface area contributed by atoms with E-state index in [0.29, 0.717) is 91.7 Å². The van der Waals surface area contributed by atoms with Crippen molar-refractivity contribution in [2.75, 3.05) is 58.6 Å². The maximum absolute atomic E-state index is 15.3. The number of rotatable bonds is 11. The summed E-state index contributed by atoms with van der Waals surface area (Å²) in [6, 6.07) is 15.6. The lowest BCUT2D eigenvalue weighted by Crippen LogP contribution is -2.59. The minimum absolute atomic E-state index is 0.00529. The van der Waals surface area contributed by atoms with Crippen LogP contribution in [0.4, 0.5) is 18.9 Å². The summed E-state index contributed by atoms with van der Waals surface area (Å²) in [6.07, 6.45) is 1.91. The van der Waals surface area contributed by atoms with Gasteiger partial charge >= 0.3 is 11.9 Å². The molecule has 68 heavy (non-hydrogen) atoms. The first kappa shape index (κ1) is 46.1. The van der Waals surface area contributed by atoms with E-state index in [1.807, 2.05) is 27.3 Å². The Morgan fingerprint density at radius 2 is 1.38 bits per heavy atom. The van der Waals surface area contributed by atoms with Gasteiger partial charge in [-0.25, -0.2) is 32.7 Å². The molecule has 1 unspecified atom stereocenters. The number of fused-ring (bicyclic) bond motifs is 4. The van der Waals surface area contributed by atoms with E-state index in [-0.39, 0.29) is 57.9 Å². The van der Waals surface area contributed by atoms with Gasteiger partial charge in [0.1, 0.15) is 28.5 Å². The Labute approximate surface area is 398 Å². The van der Waals surface area contributed by atoms with Gasteiger partial charge in [0.25, 0.3) is 5.79 Å². The molecule has 4 fully saturated rings. The number of piperazine rings is 1. The Bertz CT molecular complexity index is 2930. The average molecular weight is 980 g/mol. The number of para-hydroxylation sites is 1. The van der Waals surface area contributed by atoms with E-state index in [1.165, 1.54) is 26.4 Å². The predicted octanol–water partition coefficient (Wildman–Crippen LogP) is 7.77. The quantitative estimate of drug-likeness (QED) is 0.0924. The van der Waals surface area contributed by atoms with Crippen LogP contribution < -0.4 is 14.4 Å². The standard InChI is InChI=1S/C34H33ClF2N4O6.C14H14ClFN2O3/c1-34(22-7-6-20(35)14-23(22)36)46-29-5-3-4-25(32(29)47-34)40-10-9-39(27-17-44-18-28(27)40)16-30-38-31-24(37)12-19(33(42)43-2)13-26(31)41(30)15-21-8-11-45-21;1-20-14(19)8-4-10(16)13-11(5-8)18(12(6-15)17-13)7-9-2-3-21-9/h3-7,12-14,21,27-28H,8-11,15-18H2,1-2H3;4-5,9H,2-3,6-7H2,1H3/t21-,27+,28-,34?;9-/m00/s1. The van der Waals surface area contributed by atoms with Crippen LogP contribution in [0.1, 0.15) is 57.7 Å². The van der Waals surface area contributed by atoms with Crippen LogP contribution in [0.3, 0.4) is 0 Å². The van der Waals surface area contributed by atoms with E-state index in [1.54, 1.807) is 31.2 Å². The highest BCUT2D eigenvalue weighted by Crippen LogP contribution is 2.51. The smallest absolute Gasteiger partial charge is 0.338 e. The molecule has 0 radical (unpaired) electrons. The van der Waals surface area contributed by atoms with Crippen molar-refractivity contribution in [1.29, 1.82) is 0 Å². The number of carbonyl (C=O) groups excluding carboxylic acids is 2. The fraction of sp³-hybridized carbons (Fsp3) is 0.417. The molecule has 20 heteroatoms. The van der Waals surface area contributed by atoms with Crippen molar-refractivity contribution in [3.63, 3.8) is 0 Å². The number of ether oxygens (including phenoxy) is 7. The Morgan fingerprint density at radius 3 is 1.96 bits per heavy atom. The number of aromatic nitrogens is 4. The summed E-state index contributed by atoms with van der Waals surface area (Å²) in [5.74, 6) is -1.73. The SMILES string of the molecule is COC(=O)c1cc(F)c2nc(CCl)n(C[C@@H]3CCO3)c2c1.COC(=O)c1cc(F)c2nc(CN3CCN(c4cccc5c4OC(C)(c4ccc(Cl)cc4F)O5)[C@H]4COC[C@H]43)n(C[C@@H]3CCO3)c2c1. The number of esters is 2. The normalized spacial score (nSPS) is 22.9. The van der Waals surface area contributed by atoms with Gasteiger partial charge in [-0.2, -0.15) is 0 Å². The number of halogens is 5. The third-order valence-electron chi connectivity index (χ3n) is 13.2. The maximum atomic E-state index is 15.3. The fourth-order valence-corrected chi connectivity index (χ4v) is 9.92. The van der Waals surface area contributed by atoms with Crippen LogP contribution in [0.15, 0.2) is 60.7 Å². The molecule has 0 saturated carbocycles. The van der Waals surface area contributed by atoms with Gasteiger partial charge in [0.2, 0.25) is 0 Å². The van der Waals surface area contributed by atoms with Crippen molar-refractivity contribution in [1.82, 2.24) is 24.0 Å². The number of anilines is 1. The largest absolute Gasteiger partial charge is 0.465 e. The number of nitrogens with zero attached hydrogens (tertiary/aromatic N) is 6. The van der Waals surface area contributed by atoms with Crippen molar-refractivity contribution >= 4 is 62.9 Å². The summed E-state index contributed by atoms with van der Waals surface area (Å²) in [4.78, 5) is 37.5. The van der Waals surface area contributed by atoms with Crippen LogP contribution in [0.25, 0.3) is 22.1 Å². The average Bonchev–Trinajstić information content (AvgIpc) is 4.09.